The molecule has 2 saturated heterocycles. The molecule has 0 unspecified atom stereocenters. The molecule has 0 radical (unpaired) electrons. The van der Waals surface area contributed by atoms with Crippen molar-refractivity contribution in [3.05, 3.63) is 60.2 Å². The molecule has 4 rings (SSSR count). The molecular weight excluding hydrogens is 326 g/mol. The number of para-hydroxylation sites is 2. The molecule has 0 aliphatic carbocycles. The van der Waals surface area contributed by atoms with Crippen molar-refractivity contribution in [2.24, 2.45) is 0 Å². The monoisotopic (exact) mass is 351 g/mol. The van der Waals surface area contributed by atoms with E-state index in [1.54, 1.807) is 0 Å². The average Bonchev–Trinajstić information content (AvgIpc) is 2.75. The molecular formula is C21H25N3O2. The number of hydrogen-bond acceptors (Lipinski definition) is 4. The normalized spacial score (nSPS) is 18.1. The highest BCUT2D eigenvalue weighted by Crippen LogP contribution is 2.30. The maximum absolute atomic E-state index is 12.6. The number of hydrogen-bond donors (Lipinski definition) is 0. The number of anilines is 2. The molecule has 0 saturated carbocycles. The van der Waals surface area contributed by atoms with Crippen LogP contribution in [-0.4, -0.2) is 63.3 Å². The highest BCUT2D eigenvalue weighted by Gasteiger charge is 2.24. The molecule has 0 bridgehead atoms. The maximum Gasteiger partial charge on any atom is 0.253 e. The van der Waals surface area contributed by atoms with Crippen LogP contribution < -0.4 is 9.80 Å². The summed E-state index contributed by atoms with van der Waals surface area (Å²) in [7, 11) is 0. The molecule has 26 heavy (non-hydrogen) atoms. The summed E-state index contributed by atoms with van der Waals surface area (Å²) in [5, 5.41) is 0. The van der Waals surface area contributed by atoms with Crippen LogP contribution in [0.5, 0.6) is 0 Å². The standard InChI is InChI=1S/C21H25N3O2/c25-21(18-6-2-1-3-7-18)24-12-10-22(11-13-24)19-8-4-5-9-20(19)23-14-16-26-17-15-23/h1-9H,10-17H2. The number of amides is 1. The third kappa shape index (κ3) is 3.53. The number of nitrogens with zero attached hydrogens (tertiary/aromatic N) is 3. The van der Waals surface area contributed by atoms with E-state index < -0.39 is 0 Å². The summed E-state index contributed by atoms with van der Waals surface area (Å²) < 4.78 is 5.49. The van der Waals surface area contributed by atoms with Gasteiger partial charge in [-0.05, 0) is 24.3 Å². The number of carbonyl (C=O) groups excluding carboxylic acids is 1. The Hall–Kier alpha value is -2.53. The Kier molecular flexibility index (Phi) is 5.07. The van der Waals surface area contributed by atoms with Crippen LogP contribution in [0, 0.1) is 0 Å². The van der Waals surface area contributed by atoms with Crippen LogP contribution in [0.25, 0.3) is 0 Å². The summed E-state index contributed by atoms with van der Waals surface area (Å²) in [6.45, 7) is 6.67. The van der Waals surface area contributed by atoms with Gasteiger partial charge in [0.25, 0.3) is 5.91 Å². The summed E-state index contributed by atoms with van der Waals surface area (Å²) in [6.07, 6.45) is 0. The first-order chi connectivity index (χ1) is 12.8. The Morgan fingerprint density at radius 3 is 1.85 bits per heavy atom. The lowest BCUT2D eigenvalue weighted by atomic mass is 10.1. The molecule has 1 amide bonds. The van der Waals surface area contributed by atoms with Crippen molar-refractivity contribution in [1.82, 2.24) is 4.90 Å². The van der Waals surface area contributed by atoms with Crippen LogP contribution in [0.3, 0.4) is 0 Å². The van der Waals surface area contributed by atoms with Gasteiger partial charge in [-0.15, -0.1) is 0 Å². The second kappa shape index (κ2) is 7.79. The Balaban J connectivity index is 1.44. The van der Waals surface area contributed by atoms with Crippen molar-refractivity contribution in [3.63, 3.8) is 0 Å². The van der Waals surface area contributed by atoms with Crippen LogP contribution in [-0.2, 0) is 4.74 Å². The van der Waals surface area contributed by atoms with Gasteiger partial charge >= 0.3 is 0 Å². The molecule has 0 N–H and O–H groups in total. The highest BCUT2D eigenvalue weighted by atomic mass is 16.5. The third-order valence-corrected chi connectivity index (χ3v) is 5.16. The van der Waals surface area contributed by atoms with E-state index in [4.69, 9.17) is 4.74 Å². The average molecular weight is 351 g/mol. The molecule has 5 nitrogen and oxygen atoms in total. The van der Waals surface area contributed by atoms with Crippen molar-refractivity contribution in [2.75, 3.05) is 62.3 Å². The smallest absolute Gasteiger partial charge is 0.253 e. The summed E-state index contributed by atoms with van der Waals surface area (Å²) in [5.41, 5.74) is 3.31. The summed E-state index contributed by atoms with van der Waals surface area (Å²) in [5.74, 6) is 0.131. The quantitative estimate of drug-likeness (QED) is 0.851. The van der Waals surface area contributed by atoms with Gasteiger partial charge in [-0.25, -0.2) is 0 Å². The van der Waals surface area contributed by atoms with Crippen LogP contribution >= 0.6 is 0 Å². The van der Waals surface area contributed by atoms with Gasteiger partial charge in [-0.3, -0.25) is 4.79 Å². The van der Waals surface area contributed by atoms with Crippen molar-refractivity contribution in [2.45, 2.75) is 0 Å². The minimum Gasteiger partial charge on any atom is -0.378 e. The van der Waals surface area contributed by atoms with Gasteiger partial charge < -0.3 is 19.4 Å². The van der Waals surface area contributed by atoms with Crippen LogP contribution in [0.4, 0.5) is 11.4 Å². The Labute approximate surface area is 154 Å². The maximum atomic E-state index is 12.6. The Morgan fingerprint density at radius 1 is 0.692 bits per heavy atom. The fourth-order valence-corrected chi connectivity index (χ4v) is 3.72. The van der Waals surface area contributed by atoms with Gasteiger partial charge in [-0.2, -0.15) is 0 Å². The van der Waals surface area contributed by atoms with E-state index in [0.717, 1.165) is 58.0 Å². The first kappa shape index (κ1) is 16.9. The zero-order valence-electron chi connectivity index (χ0n) is 15.0. The second-order valence-electron chi connectivity index (χ2n) is 6.73. The topological polar surface area (TPSA) is 36.0 Å². The van der Waals surface area contributed by atoms with Gasteiger partial charge in [-0.1, -0.05) is 30.3 Å². The SMILES string of the molecule is O=C(c1ccccc1)N1CCN(c2ccccc2N2CCOCC2)CC1. The zero-order chi connectivity index (χ0) is 17.8. The van der Waals surface area contributed by atoms with E-state index >= 15 is 0 Å². The van der Waals surface area contributed by atoms with E-state index in [-0.39, 0.29) is 5.91 Å². The van der Waals surface area contributed by atoms with E-state index in [0.29, 0.717) is 0 Å². The van der Waals surface area contributed by atoms with E-state index in [1.807, 2.05) is 35.2 Å². The first-order valence-corrected chi connectivity index (χ1v) is 9.34. The summed E-state index contributed by atoms with van der Waals surface area (Å²) >= 11 is 0. The van der Waals surface area contributed by atoms with Gasteiger partial charge in [0.05, 0.1) is 24.6 Å². The van der Waals surface area contributed by atoms with Gasteiger partial charge in [0.15, 0.2) is 0 Å². The molecule has 0 spiro atoms. The molecule has 2 fully saturated rings. The number of carbonyl (C=O) groups is 1. The van der Waals surface area contributed by atoms with E-state index in [1.165, 1.54) is 11.4 Å². The number of rotatable bonds is 3. The Bertz CT molecular complexity index is 736. The lowest BCUT2D eigenvalue weighted by Gasteiger charge is -2.39. The zero-order valence-corrected chi connectivity index (χ0v) is 15.0. The molecule has 136 valence electrons. The number of morpholine rings is 1. The summed E-state index contributed by atoms with van der Waals surface area (Å²) in [6, 6.07) is 18.2. The first-order valence-electron chi connectivity index (χ1n) is 9.34. The minimum atomic E-state index is 0.131. The van der Waals surface area contributed by atoms with Crippen molar-refractivity contribution in [1.29, 1.82) is 0 Å². The third-order valence-electron chi connectivity index (χ3n) is 5.16. The number of ether oxygens (including phenoxy) is 1. The molecule has 0 aromatic heterocycles. The minimum absolute atomic E-state index is 0.131. The lowest BCUT2D eigenvalue weighted by Crippen LogP contribution is -2.49. The molecule has 2 aliphatic heterocycles. The predicted octanol–water partition coefficient (Wildman–Crippen LogP) is 2.49. The fraction of sp³-hybridized carbons (Fsp3) is 0.381. The molecule has 0 atom stereocenters. The lowest BCUT2D eigenvalue weighted by molar-refractivity contribution is 0.0746. The fourth-order valence-electron chi connectivity index (χ4n) is 3.72. The number of piperazine rings is 1. The van der Waals surface area contributed by atoms with Crippen LogP contribution in [0.15, 0.2) is 54.6 Å². The van der Waals surface area contributed by atoms with Gasteiger partial charge in [0.1, 0.15) is 0 Å². The molecule has 2 heterocycles. The number of benzene rings is 2. The van der Waals surface area contributed by atoms with Gasteiger partial charge in [0, 0.05) is 44.8 Å². The Morgan fingerprint density at radius 2 is 1.23 bits per heavy atom. The van der Waals surface area contributed by atoms with E-state index in [9.17, 15) is 4.79 Å². The van der Waals surface area contributed by atoms with Crippen molar-refractivity contribution >= 4 is 17.3 Å². The second-order valence-corrected chi connectivity index (χ2v) is 6.73. The van der Waals surface area contributed by atoms with Gasteiger partial charge in [0.2, 0.25) is 0 Å². The molecule has 2 aromatic carbocycles. The van der Waals surface area contributed by atoms with Crippen molar-refractivity contribution in [3.8, 4) is 0 Å². The summed E-state index contributed by atoms with van der Waals surface area (Å²) in [4.78, 5) is 19.4. The molecule has 2 aliphatic rings. The predicted molar refractivity (Wildman–Crippen MR) is 104 cm³/mol. The molecule has 5 heteroatoms. The van der Waals surface area contributed by atoms with Crippen LogP contribution in [0.1, 0.15) is 10.4 Å². The molecule has 2 aromatic rings. The largest absolute Gasteiger partial charge is 0.378 e. The van der Waals surface area contributed by atoms with Crippen LogP contribution in [0.2, 0.25) is 0 Å². The van der Waals surface area contributed by atoms with E-state index in [2.05, 4.69) is 34.1 Å². The van der Waals surface area contributed by atoms with Crippen molar-refractivity contribution < 1.29 is 9.53 Å². The highest BCUT2D eigenvalue weighted by molar-refractivity contribution is 5.94.